The van der Waals surface area contributed by atoms with Gasteiger partial charge in [0.1, 0.15) is 18.3 Å². The molecule has 9 nitrogen and oxygen atoms in total. The Morgan fingerprint density at radius 2 is 1.41 bits per heavy atom. The van der Waals surface area contributed by atoms with Crippen molar-refractivity contribution in [3.8, 4) is 0 Å². The molecule has 9 heteroatoms. The minimum absolute atomic E-state index is 0.101. The molecule has 2 fully saturated rings. The third kappa shape index (κ3) is 5.09. The molecule has 0 spiro atoms. The van der Waals surface area contributed by atoms with E-state index >= 15 is 0 Å². The maximum absolute atomic E-state index is 13.3. The van der Waals surface area contributed by atoms with Gasteiger partial charge in [0.15, 0.2) is 11.9 Å². The molecular formula is C28H38O9. The molecule has 4 unspecified atom stereocenters. The number of ketones is 1. The summed E-state index contributed by atoms with van der Waals surface area (Å²) in [5.41, 5.74) is -0.236. The number of esters is 4. The molecule has 0 amide bonds. The van der Waals surface area contributed by atoms with Crippen LogP contribution in [0.2, 0.25) is 0 Å². The second-order valence-electron chi connectivity index (χ2n) is 11.3. The van der Waals surface area contributed by atoms with Gasteiger partial charge in [-0.05, 0) is 41.9 Å². The fourth-order valence-electron chi connectivity index (χ4n) is 6.94. The van der Waals surface area contributed by atoms with Crippen molar-refractivity contribution in [1.82, 2.24) is 0 Å². The van der Waals surface area contributed by atoms with Crippen LogP contribution in [0.3, 0.4) is 0 Å². The zero-order valence-corrected chi connectivity index (χ0v) is 23.0. The van der Waals surface area contributed by atoms with Crippen molar-refractivity contribution in [2.45, 2.75) is 99.1 Å². The van der Waals surface area contributed by atoms with E-state index in [-0.39, 0.29) is 12.2 Å². The van der Waals surface area contributed by atoms with Crippen LogP contribution in [0.25, 0.3) is 0 Å². The second-order valence-corrected chi connectivity index (χ2v) is 11.3. The van der Waals surface area contributed by atoms with Crippen LogP contribution in [-0.4, -0.2) is 54.1 Å². The van der Waals surface area contributed by atoms with Crippen molar-refractivity contribution in [3.05, 3.63) is 23.3 Å². The lowest BCUT2D eigenvalue weighted by molar-refractivity contribution is -0.202. The summed E-state index contributed by atoms with van der Waals surface area (Å²) in [6, 6.07) is 0. The number of allylic oxidation sites excluding steroid dienone is 1. The first-order valence-electron chi connectivity index (χ1n) is 12.6. The molecule has 2 bridgehead atoms. The van der Waals surface area contributed by atoms with E-state index in [0.29, 0.717) is 29.6 Å². The van der Waals surface area contributed by atoms with E-state index < -0.39 is 71.0 Å². The lowest BCUT2D eigenvalue weighted by Gasteiger charge is -2.59. The Morgan fingerprint density at radius 1 is 0.865 bits per heavy atom. The number of hydrogen-bond donors (Lipinski definition) is 0. The number of carbonyl (C=O) groups excluding carboxylic acids is 5. The van der Waals surface area contributed by atoms with Crippen LogP contribution in [0.4, 0.5) is 0 Å². The Labute approximate surface area is 217 Å². The van der Waals surface area contributed by atoms with Crippen LogP contribution in [0.5, 0.6) is 0 Å². The van der Waals surface area contributed by atoms with Gasteiger partial charge in [-0.25, -0.2) is 0 Å². The summed E-state index contributed by atoms with van der Waals surface area (Å²) < 4.78 is 23.4. The van der Waals surface area contributed by atoms with Crippen molar-refractivity contribution >= 4 is 29.7 Å². The first-order chi connectivity index (χ1) is 17.0. The molecule has 0 aromatic carbocycles. The Morgan fingerprint density at radius 3 is 1.92 bits per heavy atom. The first-order valence-corrected chi connectivity index (χ1v) is 12.6. The third-order valence-electron chi connectivity index (χ3n) is 8.45. The number of fused-ring (bicyclic) bond motifs is 3. The molecule has 2 saturated carbocycles. The highest BCUT2D eigenvalue weighted by atomic mass is 16.6. The molecule has 37 heavy (non-hydrogen) atoms. The quantitative estimate of drug-likeness (QED) is 0.312. The first kappa shape index (κ1) is 28.6. The summed E-state index contributed by atoms with van der Waals surface area (Å²) >= 11 is 0. The highest BCUT2D eigenvalue weighted by molar-refractivity contribution is 5.97. The maximum Gasteiger partial charge on any atom is 0.303 e. The normalized spacial score (nSPS) is 34.9. The van der Waals surface area contributed by atoms with E-state index in [2.05, 4.69) is 6.58 Å². The summed E-state index contributed by atoms with van der Waals surface area (Å²) in [5.74, 6) is -3.53. The average Bonchev–Trinajstić information content (AvgIpc) is 2.74. The summed E-state index contributed by atoms with van der Waals surface area (Å²) in [6.45, 7) is 16.8. The Bertz CT molecular complexity index is 1070. The fraction of sp³-hybridized carbons (Fsp3) is 0.679. The molecule has 7 atom stereocenters. The van der Waals surface area contributed by atoms with Crippen molar-refractivity contribution < 1.29 is 42.9 Å². The van der Waals surface area contributed by atoms with Gasteiger partial charge >= 0.3 is 23.9 Å². The predicted octanol–water partition coefficient (Wildman–Crippen LogP) is 3.63. The van der Waals surface area contributed by atoms with Crippen LogP contribution >= 0.6 is 0 Å². The van der Waals surface area contributed by atoms with Crippen molar-refractivity contribution in [3.63, 3.8) is 0 Å². The third-order valence-corrected chi connectivity index (χ3v) is 8.45. The number of rotatable bonds is 4. The van der Waals surface area contributed by atoms with E-state index in [1.807, 2.05) is 20.8 Å². The number of ether oxygens (including phenoxy) is 4. The fourth-order valence-corrected chi connectivity index (χ4v) is 6.94. The lowest BCUT2D eigenvalue weighted by atomic mass is 9.49. The standard InChI is InChI=1S/C28H38O9/c1-13-20(33)12-19-24(35-16(4)30)23-14(2)21(34-15(3)29)10-11-28(23,9)26(37-18(6)32)25(36-17(5)31)22(13)27(19,7)8/h19,21,23-26H,2,10-12H2,1,3-9H3/t19-,21?,23?,24?,25+,26?,28+/m0/s1. The average molecular weight is 519 g/mol. The van der Waals surface area contributed by atoms with Crippen LogP contribution in [0.1, 0.15) is 74.7 Å². The molecule has 3 rings (SSSR count). The van der Waals surface area contributed by atoms with E-state index in [0.717, 1.165) is 0 Å². The van der Waals surface area contributed by atoms with Gasteiger partial charge < -0.3 is 18.9 Å². The second kappa shape index (κ2) is 10.1. The molecule has 0 N–H and O–H groups in total. The van der Waals surface area contributed by atoms with Crippen LogP contribution in [0, 0.1) is 22.7 Å². The summed E-state index contributed by atoms with van der Waals surface area (Å²) in [4.78, 5) is 62.6. The summed E-state index contributed by atoms with van der Waals surface area (Å²) in [5, 5.41) is 0. The van der Waals surface area contributed by atoms with Gasteiger partial charge in [-0.3, -0.25) is 24.0 Å². The van der Waals surface area contributed by atoms with Gasteiger partial charge in [0.25, 0.3) is 0 Å². The van der Waals surface area contributed by atoms with Gasteiger partial charge in [-0.15, -0.1) is 0 Å². The number of hydrogen-bond acceptors (Lipinski definition) is 9. The Kier molecular flexibility index (Phi) is 7.78. The van der Waals surface area contributed by atoms with Crippen LogP contribution in [0.15, 0.2) is 23.3 Å². The molecule has 0 heterocycles. The largest absolute Gasteiger partial charge is 0.462 e. The van der Waals surface area contributed by atoms with E-state index in [1.165, 1.54) is 27.7 Å². The van der Waals surface area contributed by atoms with E-state index in [9.17, 15) is 24.0 Å². The van der Waals surface area contributed by atoms with Crippen molar-refractivity contribution in [2.75, 3.05) is 0 Å². The maximum atomic E-state index is 13.3. The monoisotopic (exact) mass is 518 g/mol. The molecule has 3 aliphatic carbocycles. The Balaban J connectivity index is 2.39. The lowest BCUT2D eigenvalue weighted by Crippen LogP contribution is -2.64. The van der Waals surface area contributed by atoms with Crippen LogP contribution in [-0.2, 0) is 42.9 Å². The van der Waals surface area contributed by atoms with Crippen molar-refractivity contribution in [2.24, 2.45) is 22.7 Å². The number of Topliss-reactive ketones (excluding diaryl/α,β-unsaturated/α-hetero) is 1. The molecule has 0 aliphatic heterocycles. The smallest absolute Gasteiger partial charge is 0.303 e. The van der Waals surface area contributed by atoms with Crippen molar-refractivity contribution in [1.29, 1.82) is 0 Å². The van der Waals surface area contributed by atoms with Gasteiger partial charge in [0.2, 0.25) is 0 Å². The molecule has 0 saturated heterocycles. The molecule has 0 aromatic heterocycles. The SMILES string of the molecule is C=C1C(OC(C)=O)CC[C@]2(C)C1C(OC(C)=O)[C@@H]1CC(=O)C(C)=C([C@@H](OC(C)=O)C2OC(C)=O)C1(C)C. The molecule has 204 valence electrons. The Hall–Kier alpha value is -2.97. The molecule has 0 aromatic rings. The zero-order valence-electron chi connectivity index (χ0n) is 23.0. The van der Waals surface area contributed by atoms with Crippen LogP contribution < -0.4 is 0 Å². The topological polar surface area (TPSA) is 122 Å². The van der Waals surface area contributed by atoms with Gasteiger partial charge in [0, 0.05) is 51.4 Å². The summed E-state index contributed by atoms with van der Waals surface area (Å²) in [7, 11) is 0. The van der Waals surface area contributed by atoms with E-state index in [4.69, 9.17) is 18.9 Å². The zero-order chi connectivity index (χ0) is 28.0. The molecule has 0 radical (unpaired) electrons. The highest BCUT2D eigenvalue weighted by Crippen LogP contribution is 2.60. The van der Waals surface area contributed by atoms with E-state index in [1.54, 1.807) is 6.92 Å². The van der Waals surface area contributed by atoms with Gasteiger partial charge in [-0.2, -0.15) is 0 Å². The minimum atomic E-state index is -1.05. The molecule has 3 aliphatic rings. The summed E-state index contributed by atoms with van der Waals surface area (Å²) in [6.07, 6.45) is -2.70. The predicted molar refractivity (Wildman–Crippen MR) is 132 cm³/mol. The van der Waals surface area contributed by atoms with Gasteiger partial charge in [0.05, 0.1) is 0 Å². The highest BCUT2D eigenvalue weighted by Gasteiger charge is 2.64. The van der Waals surface area contributed by atoms with Gasteiger partial charge in [-0.1, -0.05) is 27.4 Å². The minimum Gasteiger partial charge on any atom is -0.462 e. The molecular weight excluding hydrogens is 480 g/mol. The number of carbonyl (C=O) groups is 5.